The molecule has 0 aliphatic carbocycles. The molecule has 0 unspecified atom stereocenters. The highest BCUT2D eigenvalue weighted by Crippen LogP contribution is 2.30. The van der Waals surface area contributed by atoms with Gasteiger partial charge in [-0.2, -0.15) is 0 Å². The van der Waals surface area contributed by atoms with Crippen molar-refractivity contribution >= 4 is 23.4 Å². The van der Waals surface area contributed by atoms with Crippen molar-refractivity contribution in [3.05, 3.63) is 81.5 Å². The highest BCUT2D eigenvalue weighted by atomic mass is 35.5. The van der Waals surface area contributed by atoms with E-state index < -0.39 is 6.04 Å². The molecule has 1 aliphatic heterocycles. The van der Waals surface area contributed by atoms with Gasteiger partial charge in [-0.3, -0.25) is 4.79 Å². The summed E-state index contributed by atoms with van der Waals surface area (Å²) < 4.78 is 0. The van der Waals surface area contributed by atoms with Crippen LogP contribution >= 0.6 is 11.6 Å². The largest absolute Gasteiger partial charge is 0.327 e. The van der Waals surface area contributed by atoms with Gasteiger partial charge in [-0.05, 0) is 48.7 Å². The third-order valence-corrected chi connectivity index (χ3v) is 4.59. The molecular formula is C20H19ClN2O2. The molecule has 0 saturated carbocycles. The standard InChI is InChI=1S/C20H19ClN2O2/c1-3-13-4-6-14(7-5-13)18-17(12(2)22-20(25)23-18)19(24)15-8-10-16(21)11-9-15/h4-11,18H,3H2,1-2H3,(H2,22,23,25)/t18-/m0/s1. The molecule has 0 bridgehead atoms. The third-order valence-electron chi connectivity index (χ3n) is 4.34. The number of Topliss-reactive ketones (excluding diaryl/α,β-unsaturated/α-hetero) is 1. The Labute approximate surface area is 151 Å². The fraction of sp³-hybridized carbons (Fsp3) is 0.200. The lowest BCUT2D eigenvalue weighted by atomic mass is 9.89. The van der Waals surface area contributed by atoms with E-state index in [1.807, 2.05) is 24.3 Å². The van der Waals surface area contributed by atoms with Crippen molar-refractivity contribution in [1.82, 2.24) is 10.6 Å². The number of rotatable bonds is 4. The van der Waals surface area contributed by atoms with Gasteiger partial charge in [-0.15, -0.1) is 0 Å². The average molecular weight is 355 g/mol. The minimum Gasteiger partial charge on any atom is -0.327 e. The Kier molecular flexibility index (Phi) is 4.91. The van der Waals surface area contributed by atoms with Gasteiger partial charge in [-0.1, -0.05) is 42.8 Å². The highest BCUT2D eigenvalue weighted by molar-refractivity contribution is 6.30. The predicted octanol–water partition coefficient (Wildman–Crippen LogP) is 4.41. The predicted molar refractivity (Wildman–Crippen MR) is 98.7 cm³/mol. The molecule has 0 spiro atoms. The smallest absolute Gasteiger partial charge is 0.319 e. The number of amides is 2. The zero-order chi connectivity index (χ0) is 18.0. The third kappa shape index (κ3) is 3.59. The molecule has 2 amide bonds. The summed E-state index contributed by atoms with van der Waals surface area (Å²) in [6, 6.07) is 13.9. The topological polar surface area (TPSA) is 58.2 Å². The minimum atomic E-state index is -0.483. The van der Waals surface area contributed by atoms with Crippen LogP contribution in [0.3, 0.4) is 0 Å². The number of carbonyl (C=O) groups excluding carboxylic acids is 2. The number of nitrogens with one attached hydrogen (secondary N) is 2. The second kappa shape index (κ2) is 7.11. The van der Waals surface area contributed by atoms with E-state index in [0.717, 1.165) is 12.0 Å². The van der Waals surface area contributed by atoms with Crippen LogP contribution in [0.5, 0.6) is 0 Å². The van der Waals surface area contributed by atoms with Gasteiger partial charge >= 0.3 is 6.03 Å². The van der Waals surface area contributed by atoms with Crippen molar-refractivity contribution in [2.24, 2.45) is 0 Å². The Bertz CT molecular complexity index is 839. The van der Waals surface area contributed by atoms with Crippen molar-refractivity contribution < 1.29 is 9.59 Å². The molecule has 128 valence electrons. The van der Waals surface area contributed by atoms with E-state index in [4.69, 9.17) is 11.6 Å². The Morgan fingerprint density at radius 2 is 1.72 bits per heavy atom. The van der Waals surface area contributed by atoms with Crippen LogP contribution in [0.25, 0.3) is 0 Å². The lowest BCUT2D eigenvalue weighted by Crippen LogP contribution is -2.45. The van der Waals surface area contributed by atoms with E-state index in [1.165, 1.54) is 5.56 Å². The zero-order valence-electron chi connectivity index (χ0n) is 14.1. The van der Waals surface area contributed by atoms with Crippen LogP contribution in [0.4, 0.5) is 4.79 Å². The fourth-order valence-corrected chi connectivity index (χ4v) is 3.07. The molecule has 5 heteroatoms. The molecule has 0 radical (unpaired) electrons. The summed E-state index contributed by atoms with van der Waals surface area (Å²) >= 11 is 5.91. The first kappa shape index (κ1) is 17.2. The molecule has 1 aliphatic rings. The van der Waals surface area contributed by atoms with E-state index in [0.29, 0.717) is 21.9 Å². The van der Waals surface area contributed by atoms with Crippen LogP contribution in [-0.4, -0.2) is 11.8 Å². The Hall–Kier alpha value is -2.59. The second-order valence-corrected chi connectivity index (χ2v) is 6.44. The molecule has 25 heavy (non-hydrogen) atoms. The summed E-state index contributed by atoms with van der Waals surface area (Å²) in [5, 5.41) is 6.13. The number of allylic oxidation sites excluding steroid dienone is 1. The lowest BCUT2D eigenvalue weighted by molar-refractivity contribution is 0.102. The number of aryl methyl sites for hydroxylation is 1. The van der Waals surface area contributed by atoms with Crippen LogP contribution in [0.2, 0.25) is 5.02 Å². The van der Waals surface area contributed by atoms with E-state index in [1.54, 1.807) is 31.2 Å². The summed E-state index contributed by atoms with van der Waals surface area (Å²) in [7, 11) is 0. The number of carbonyl (C=O) groups is 2. The summed E-state index contributed by atoms with van der Waals surface area (Å²) in [5.74, 6) is -0.133. The van der Waals surface area contributed by atoms with E-state index in [9.17, 15) is 9.59 Å². The summed E-state index contributed by atoms with van der Waals surface area (Å²) in [6.45, 7) is 3.83. The van der Waals surface area contributed by atoms with Crippen molar-refractivity contribution in [1.29, 1.82) is 0 Å². The maximum atomic E-state index is 13.0. The average Bonchev–Trinajstić information content (AvgIpc) is 2.61. The van der Waals surface area contributed by atoms with Crippen LogP contribution in [0.15, 0.2) is 59.8 Å². The molecular weight excluding hydrogens is 336 g/mol. The molecule has 0 saturated heterocycles. The van der Waals surface area contributed by atoms with Gasteiger partial charge < -0.3 is 10.6 Å². The molecule has 4 nitrogen and oxygen atoms in total. The highest BCUT2D eigenvalue weighted by Gasteiger charge is 2.31. The first-order valence-corrected chi connectivity index (χ1v) is 8.54. The maximum absolute atomic E-state index is 13.0. The van der Waals surface area contributed by atoms with Gasteiger partial charge in [0.25, 0.3) is 0 Å². The van der Waals surface area contributed by atoms with Gasteiger partial charge in [0.1, 0.15) is 0 Å². The maximum Gasteiger partial charge on any atom is 0.319 e. The van der Waals surface area contributed by atoms with Crippen molar-refractivity contribution in [3.63, 3.8) is 0 Å². The Morgan fingerprint density at radius 1 is 1.08 bits per heavy atom. The molecule has 0 fully saturated rings. The Balaban J connectivity index is 2.02. The minimum absolute atomic E-state index is 0.133. The van der Waals surface area contributed by atoms with Gasteiger partial charge in [0, 0.05) is 21.9 Å². The first-order valence-electron chi connectivity index (χ1n) is 8.17. The van der Waals surface area contributed by atoms with Crippen molar-refractivity contribution in [2.45, 2.75) is 26.3 Å². The molecule has 1 heterocycles. The molecule has 1 atom stereocenters. The van der Waals surface area contributed by atoms with E-state index in [2.05, 4.69) is 17.6 Å². The summed E-state index contributed by atoms with van der Waals surface area (Å²) in [5.41, 5.74) is 3.71. The van der Waals surface area contributed by atoms with Gasteiger partial charge in [0.2, 0.25) is 0 Å². The first-order chi connectivity index (χ1) is 12.0. The second-order valence-electron chi connectivity index (χ2n) is 6.00. The molecule has 0 aromatic heterocycles. The van der Waals surface area contributed by atoms with Crippen LogP contribution in [-0.2, 0) is 6.42 Å². The molecule has 2 aromatic rings. The number of hydrogen-bond acceptors (Lipinski definition) is 2. The SMILES string of the molecule is CCc1ccc([C@@H]2NC(=O)NC(C)=C2C(=O)c2ccc(Cl)cc2)cc1. The zero-order valence-corrected chi connectivity index (χ0v) is 14.9. The molecule has 3 rings (SSSR count). The van der Waals surface area contributed by atoms with Crippen LogP contribution < -0.4 is 10.6 Å². The number of benzene rings is 2. The Morgan fingerprint density at radius 3 is 2.32 bits per heavy atom. The van der Waals surface area contributed by atoms with Crippen LogP contribution in [0, 0.1) is 0 Å². The number of urea groups is 1. The van der Waals surface area contributed by atoms with E-state index >= 15 is 0 Å². The van der Waals surface area contributed by atoms with Crippen molar-refractivity contribution in [2.75, 3.05) is 0 Å². The van der Waals surface area contributed by atoms with Gasteiger partial charge in [0.15, 0.2) is 5.78 Å². The van der Waals surface area contributed by atoms with Crippen LogP contribution in [0.1, 0.15) is 41.4 Å². The fourth-order valence-electron chi connectivity index (χ4n) is 2.95. The molecule has 2 aromatic carbocycles. The number of hydrogen-bond donors (Lipinski definition) is 2. The van der Waals surface area contributed by atoms with Crippen molar-refractivity contribution in [3.8, 4) is 0 Å². The van der Waals surface area contributed by atoms with Gasteiger partial charge in [-0.25, -0.2) is 4.79 Å². The quantitative estimate of drug-likeness (QED) is 0.799. The summed E-state index contributed by atoms with van der Waals surface area (Å²) in [4.78, 5) is 25.0. The lowest BCUT2D eigenvalue weighted by Gasteiger charge is -2.28. The summed E-state index contributed by atoms with van der Waals surface area (Å²) in [6.07, 6.45) is 0.935. The molecule has 2 N–H and O–H groups in total. The van der Waals surface area contributed by atoms with Gasteiger partial charge in [0.05, 0.1) is 6.04 Å². The van der Waals surface area contributed by atoms with E-state index in [-0.39, 0.29) is 11.8 Å². The monoisotopic (exact) mass is 354 g/mol. The number of halogens is 1. The number of ketones is 1. The normalized spacial score (nSPS) is 17.1.